The Balaban J connectivity index is 1.36. The molecule has 0 unspecified atom stereocenters. The molecule has 3 aromatic heterocycles. The van der Waals surface area contributed by atoms with Crippen molar-refractivity contribution in [2.75, 3.05) is 6.61 Å². The standard InChI is InChI=1S/C21H16N4O3/c26-20-24-14-3-2-10-22-19(14)25(20)17-7-6-13(11-23-17)28-16-5-1-4-15-18(16)21(8-9-21)12-27-15/h1-7,10-11H,8-9,12H2,(H,24,26). The number of rotatable bonds is 3. The second kappa shape index (κ2) is 5.45. The number of H-pyrrole nitrogens is 1. The second-order valence-corrected chi connectivity index (χ2v) is 7.29. The SMILES string of the molecule is O=c1[nH]c2cccnc2n1-c1ccc(Oc2cccc3c2C2(CC2)CO3)cn1. The van der Waals surface area contributed by atoms with E-state index in [1.165, 1.54) is 4.57 Å². The van der Waals surface area contributed by atoms with Gasteiger partial charge in [-0.15, -0.1) is 0 Å². The molecule has 7 nitrogen and oxygen atoms in total. The smallest absolute Gasteiger partial charge is 0.333 e. The van der Waals surface area contributed by atoms with Crippen molar-refractivity contribution in [1.29, 1.82) is 0 Å². The Morgan fingerprint density at radius 3 is 2.86 bits per heavy atom. The number of ether oxygens (including phenoxy) is 2. The number of nitrogens with one attached hydrogen (secondary N) is 1. The highest BCUT2D eigenvalue weighted by Gasteiger charge is 2.52. The van der Waals surface area contributed by atoms with E-state index in [1.807, 2.05) is 30.3 Å². The summed E-state index contributed by atoms with van der Waals surface area (Å²) in [5.74, 6) is 2.83. The Bertz CT molecular complexity index is 1270. The fourth-order valence-corrected chi connectivity index (χ4v) is 3.92. The molecule has 1 aliphatic heterocycles. The summed E-state index contributed by atoms with van der Waals surface area (Å²) in [5, 5.41) is 0. The highest BCUT2D eigenvalue weighted by atomic mass is 16.5. The first-order valence-electron chi connectivity index (χ1n) is 9.20. The topological polar surface area (TPSA) is 82.0 Å². The van der Waals surface area contributed by atoms with Crippen molar-refractivity contribution in [1.82, 2.24) is 19.5 Å². The first-order chi connectivity index (χ1) is 13.7. The maximum atomic E-state index is 12.3. The van der Waals surface area contributed by atoms with Crippen LogP contribution >= 0.6 is 0 Å². The molecule has 0 saturated heterocycles. The fourth-order valence-electron chi connectivity index (χ4n) is 3.92. The lowest BCUT2D eigenvalue weighted by atomic mass is 9.97. The van der Waals surface area contributed by atoms with E-state index in [0.717, 1.165) is 36.5 Å². The molecule has 0 amide bonds. The lowest BCUT2D eigenvalue weighted by molar-refractivity contribution is 0.323. The molecule has 1 spiro atoms. The summed E-state index contributed by atoms with van der Waals surface area (Å²) in [5.41, 5.74) is 2.23. The summed E-state index contributed by atoms with van der Waals surface area (Å²) in [6.45, 7) is 0.733. The number of benzene rings is 1. The van der Waals surface area contributed by atoms with Crippen LogP contribution < -0.4 is 15.2 Å². The van der Waals surface area contributed by atoms with E-state index >= 15 is 0 Å². The number of nitrogens with zero attached hydrogens (tertiary/aromatic N) is 3. The minimum absolute atomic E-state index is 0.127. The van der Waals surface area contributed by atoms with E-state index in [4.69, 9.17) is 9.47 Å². The van der Waals surface area contributed by atoms with Gasteiger partial charge < -0.3 is 14.5 Å². The molecular formula is C21H16N4O3. The Morgan fingerprint density at radius 2 is 2.04 bits per heavy atom. The molecular weight excluding hydrogens is 356 g/mol. The molecule has 28 heavy (non-hydrogen) atoms. The number of aromatic amines is 1. The molecule has 1 fully saturated rings. The van der Waals surface area contributed by atoms with Gasteiger partial charge in [-0.1, -0.05) is 6.07 Å². The third kappa shape index (κ3) is 2.19. The number of hydrogen-bond acceptors (Lipinski definition) is 5. The zero-order valence-electron chi connectivity index (χ0n) is 14.9. The lowest BCUT2D eigenvalue weighted by Gasteiger charge is -2.13. The number of hydrogen-bond donors (Lipinski definition) is 1. The molecule has 7 heteroatoms. The van der Waals surface area contributed by atoms with Crippen LogP contribution in [-0.4, -0.2) is 26.1 Å². The molecule has 4 aromatic rings. The van der Waals surface area contributed by atoms with Crippen LogP contribution in [0.1, 0.15) is 18.4 Å². The molecule has 1 N–H and O–H groups in total. The summed E-state index contributed by atoms with van der Waals surface area (Å²) in [6, 6.07) is 13.1. The van der Waals surface area contributed by atoms with Crippen LogP contribution in [0.5, 0.6) is 17.2 Å². The molecule has 1 saturated carbocycles. The highest BCUT2D eigenvalue weighted by Crippen LogP contribution is 2.58. The van der Waals surface area contributed by atoms with Crippen molar-refractivity contribution >= 4 is 11.2 Å². The lowest BCUT2D eigenvalue weighted by Crippen LogP contribution is -2.16. The van der Waals surface area contributed by atoms with Gasteiger partial charge in [0.1, 0.15) is 23.1 Å². The molecule has 0 radical (unpaired) electrons. The maximum Gasteiger partial charge on any atom is 0.333 e. The van der Waals surface area contributed by atoms with Gasteiger partial charge in [0.15, 0.2) is 5.65 Å². The van der Waals surface area contributed by atoms with E-state index in [2.05, 4.69) is 15.0 Å². The largest absolute Gasteiger partial charge is 0.492 e. The molecule has 1 aromatic carbocycles. The van der Waals surface area contributed by atoms with Gasteiger partial charge in [-0.3, -0.25) is 0 Å². The van der Waals surface area contributed by atoms with Crippen LogP contribution in [0, 0.1) is 0 Å². The zero-order chi connectivity index (χ0) is 18.7. The van der Waals surface area contributed by atoms with Gasteiger partial charge in [0.05, 0.1) is 18.3 Å². The van der Waals surface area contributed by atoms with Crippen molar-refractivity contribution in [2.45, 2.75) is 18.3 Å². The third-order valence-electron chi connectivity index (χ3n) is 5.50. The van der Waals surface area contributed by atoms with Crippen molar-refractivity contribution < 1.29 is 9.47 Å². The minimum Gasteiger partial charge on any atom is -0.492 e. The highest BCUT2D eigenvalue weighted by molar-refractivity contribution is 5.72. The van der Waals surface area contributed by atoms with Crippen LogP contribution in [-0.2, 0) is 5.41 Å². The monoisotopic (exact) mass is 372 g/mol. The van der Waals surface area contributed by atoms with Gasteiger partial charge in [0.25, 0.3) is 0 Å². The van der Waals surface area contributed by atoms with Crippen molar-refractivity contribution in [3.8, 4) is 23.1 Å². The van der Waals surface area contributed by atoms with E-state index in [1.54, 1.807) is 24.5 Å². The van der Waals surface area contributed by atoms with Crippen LogP contribution in [0.2, 0.25) is 0 Å². The van der Waals surface area contributed by atoms with Crippen LogP contribution in [0.4, 0.5) is 0 Å². The number of pyridine rings is 2. The second-order valence-electron chi connectivity index (χ2n) is 7.29. The molecule has 138 valence electrons. The Morgan fingerprint density at radius 1 is 1.11 bits per heavy atom. The van der Waals surface area contributed by atoms with Crippen molar-refractivity contribution in [3.05, 3.63) is 70.9 Å². The first kappa shape index (κ1) is 15.4. The van der Waals surface area contributed by atoms with Gasteiger partial charge in [0.2, 0.25) is 0 Å². The van der Waals surface area contributed by atoms with Crippen molar-refractivity contribution in [3.63, 3.8) is 0 Å². The Hall–Kier alpha value is -3.61. The van der Waals surface area contributed by atoms with Gasteiger partial charge in [-0.2, -0.15) is 0 Å². The summed E-state index contributed by atoms with van der Waals surface area (Å²) in [4.78, 5) is 23.8. The van der Waals surface area contributed by atoms with Crippen LogP contribution in [0.25, 0.3) is 17.0 Å². The van der Waals surface area contributed by atoms with E-state index in [-0.39, 0.29) is 11.1 Å². The normalized spacial score (nSPS) is 16.1. The van der Waals surface area contributed by atoms with Gasteiger partial charge in [0, 0.05) is 17.2 Å². The zero-order valence-corrected chi connectivity index (χ0v) is 14.9. The van der Waals surface area contributed by atoms with Crippen LogP contribution in [0.15, 0.2) is 59.7 Å². The maximum absolute atomic E-state index is 12.3. The quantitative estimate of drug-likeness (QED) is 0.597. The summed E-state index contributed by atoms with van der Waals surface area (Å²) in [7, 11) is 0. The summed E-state index contributed by atoms with van der Waals surface area (Å²) < 4.78 is 13.4. The average molecular weight is 372 g/mol. The Labute approximate surface area is 159 Å². The third-order valence-corrected chi connectivity index (χ3v) is 5.50. The van der Waals surface area contributed by atoms with E-state index in [0.29, 0.717) is 22.7 Å². The first-order valence-corrected chi connectivity index (χ1v) is 9.20. The van der Waals surface area contributed by atoms with Gasteiger partial charge in [-0.05, 0) is 49.2 Å². The molecule has 6 rings (SSSR count). The molecule has 4 heterocycles. The molecule has 1 aliphatic carbocycles. The minimum atomic E-state index is -0.274. The molecule has 0 atom stereocenters. The average Bonchev–Trinajstić information content (AvgIpc) is 3.28. The predicted molar refractivity (Wildman–Crippen MR) is 102 cm³/mol. The molecule has 0 bridgehead atoms. The van der Waals surface area contributed by atoms with Crippen LogP contribution in [0.3, 0.4) is 0 Å². The predicted octanol–water partition coefficient (Wildman–Crippen LogP) is 3.33. The number of imidazole rings is 1. The summed E-state index contributed by atoms with van der Waals surface area (Å²) in [6.07, 6.45) is 5.54. The Kier molecular flexibility index (Phi) is 3.01. The summed E-state index contributed by atoms with van der Waals surface area (Å²) >= 11 is 0. The number of fused-ring (bicyclic) bond motifs is 3. The van der Waals surface area contributed by atoms with Gasteiger partial charge >= 0.3 is 5.69 Å². The number of aromatic nitrogens is 4. The van der Waals surface area contributed by atoms with Gasteiger partial charge in [-0.25, -0.2) is 19.3 Å². The fraction of sp³-hybridized carbons (Fsp3) is 0.190. The van der Waals surface area contributed by atoms with E-state index in [9.17, 15) is 4.79 Å². The van der Waals surface area contributed by atoms with E-state index < -0.39 is 0 Å². The molecule has 2 aliphatic rings. The van der Waals surface area contributed by atoms with Crippen molar-refractivity contribution in [2.24, 2.45) is 0 Å².